The number of aromatic nitrogens is 4. The molecule has 56 heavy (non-hydrogen) atoms. The molecular weight excluding hydrogens is 717 g/mol. The summed E-state index contributed by atoms with van der Waals surface area (Å²) in [5.74, 6) is 1.71. The molecule has 1 saturated carbocycles. The zero-order valence-corrected chi connectivity index (χ0v) is 32.5. The minimum absolute atomic E-state index is 0.0209. The van der Waals surface area contributed by atoms with Gasteiger partial charge >= 0.3 is 6.01 Å². The second-order valence-corrected chi connectivity index (χ2v) is 16.7. The molecule has 13 heteroatoms. The Morgan fingerprint density at radius 2 is 1.79 bits per heavy atom. The van der Waals surface area contributed by atoms with E-state index in [4.69, 9.17) is 35.7 Å². The predicted octanol–water partition coefficient (Wildman–Crippen LogP) is 6.26. The van der Waals surface area contributed by atoms with E-state index in [1.54, 1.807) is 18.8 Å². The number of hydrogen-bond donors (Lipinski definition) is 1. The van der Waals surface area contributed by atoms with Crippen molar-refractivity contribution in [3.05, 3.63) is 47.7 Å². The number of rotatable bonds is 13. The zero-order chi connectivity index (χ0) is 38.9. The van der Waals surface area contributed by atoms with Crippen molar-refractivity contribution in [1.29, 1.82) is 0 Å². The third kappa shape index (κ3) is 6.60. The van der Waals surface area contributed by atoms with Gasteiger partial charge in [0.25, 0.3) is 0 Å². The average Bonchev–Trinajstić information content (AvgIpc) is 3.73. The van der Waals surface area contributed by atoms with E-state index in [9.17, 15) is 5.11 Å². The Kier molecular flexibility index (Phi) is 9.51. The van der Waals surface area contributed by atoms with E-state index in [0.717, 1.165) is 71.4 Å². The molecule has 2 atom stereocenters. The monoisotopic (exact) mass is 765 g/mol. The summed E-state index contributed by atoms with van der Waals surface area (Å²) in [6.07, 6.45) is 13.2. The van der Waals surface area contributed by atoms with Gasteiger partial charge in [0.05, 0.1) is 29.8 Å². The largest absolute Gasteiger partial charge is 0.508 e. The Balaban J connectivity index is 1.17. The minimum atomic E-state index is -0.665. The first-order chi connectivity index (χ1) is 27.0. The summed E-state index contributed by atoms with van der Waals surface area (Å²) in [7, 11) is 3.51. The lowest BCUT2D eigenvalue weighted by atomic mass is 9.91. The van der Waals surface area contributed by atoms with Gasteiger partial charge in [0.2, 0.25) is 0 Å². The third-order valence-electron chi connectivity index (χ3n) is 12.1. The molecule has 0 spiro atoms. The van der Waals surface area contributed by atoms with Gasteiger partial charge in [-0.2, -0.15) is 15.1 Å². The first-order valence-corrected chi connectivity index (χ1v) is 19.8. The van der Waals surface area contributed by atoms with E-state index in [2.05, 4.69) is 34.5 Å². The number of hydrogen-bond acceptors (Lipinski definition) is 10. The molecule has 0 amide bonds. The highest BCUT2D eigenvalue weighted by Crippen LogP contribution is 2.49. The van der Waals surface area contributed by atoms with Gasteiger partial charge < -0.3 is 24.2 Å². The summed E-state index contributed by atoms with van der Waals surface area (Å²) < 4.78 is 52.6. The molecule has 11 nitrogen and oxygen atoms in total. The standard InChI is InChI=1S/C43H49F2N7O4/c1-6-31-34(44)11-8-26-16-29(53)17-32(35(26)31)36-38(45)40-37(33-22-49(4)48-39(33)36)41(52-27-9-10-28(52)19-50(18-27)14-7-15-54-5)47-42(46-40)55-24-43(12-13-43)23-51-20-30(21-51)56-25(2)3/h1,8,11,16-17,22,25,27-28,30,53H,7,9-10,12-15,18-21,23-24H2,2-5H3. The number of aryl methyl sites for hydroxylation is 1. The summed E-state index contributed by atoms with van der Waals surface area (Å²) in [6, 6.07) is 6.16. The number of fused-ring (bicyclic) bond motifs is 6. The van der Waals surface area contributed by atoms with Gasteiger partial charge in [0, 0.05) is 100 Å². The van der Waals surface area contributed by atoms with Crippen molar-refractivity contribution >= 4 is 38.4 Å². The molecule has 1 aliphatic carbocycles. The van der Waals surface area contributed by atoms with E-state index in [0.29, 0.717) is 46.1 Å². The number of halogens is 2. The topological polar surface area (TPSA) is 101 Å². The van der Waals surface area contributed by atoms with Crippen LogP contribution in [0.4, 0.5) is 14.6 Å². The van der Waals surface area contributed by atoms with E-state index in [-0.39, 0.29) is 63.7 Å². The Hall–Kier alpha value is -4.61. The van der Waals surface area contributed by atoms with Crippen LogP contribution < -0.4 is 9.64 Å². The van der Waals surface area contributed by atoms with Gasteiger partial charge in [0.1, 0.15) is 28.4 Å². The smallest absolute Gasteiger partial charge is 0.319 e. The van der Waals surface area contributed by atoms with Crippen LogP contribution in [-0.4, -0.2) is 119 Å². The van der Waals surface area contributed by atoms with Crippen molar-refractivity contribution in [3.8, 4) is 35.2 Å². The van der Waals surface area contributed by atoms with Crippen LogP contribution in [0.3, 0.4) is 0 Å². The van der Waals surface area contributed by atoms with Gasteiger partial charge in [-0.1, -0.05) is 12.0 Å². The van der Waals surface area contributed by atoms with Gasteiger partial charge in [-0.05, 0) is 75.1 Å². The van der Waals surface area contributed by atoms with E-state index >= 15 is 8.78 Å². The fourth-order valence-corrected chi connectivity index (χ4v) is 9.47. The number of anilines is 1. The maximum absolute atomic E-state index is 17.8. The Labute approximate surface area is 325 Å². The lowest BCUT2D eigenvalue weighted by Crippen LogP contribution is -2.55. The molecule has 5 heterocycles. The molecular formula is C43H49F2N7O4. The zero-order valence-electron chi connectivity index (χ0n) is 32.5. The molecule has 2 bridgehead atoms. The number of terminal acetylenes is 1. The molecule has 3 saturated heterocycles. The SMILES string of the molecule is C#Cc1c(F)ccc2cc(O)cc(-c3c(F)c4nc(OCC5(CN6CC(OC(C)C)C6)CC5)nc(N5C6CCC5CN(CCCOC)C6)c4c4cn(C)nc34)c12. The van der Waals surface area contributed by atoms with Crippen LogP contribution in [0.5, 0.6) is 11.8 Å². The maximum atomic E-state index is 17.8. The van der Waals surface area contributed by atoms with E-state index < -0.39 is 11.6 Å². The summed E-state index contributed by atoms with van der Waals surface area (Å²) in [4.78, 5) is 17.3. The summed E-state index contributed by atoms with van der Waals surface area (Å²) >= 11 is 0. The highest BCUT2D eigenvalue weighted by atomic mass is 19.1. The number of phenolic OH excluding ortho intramolecular Hbond substituents is 1. The van der Waals surface area contributed by atoms with Crippen molar-refractivity contribution in [1.82, 2.24) is 29.5 Å². The van der Waals surface area contributed by atoms with Gasteiger partial charge in [-0.15, -0.1) is 6.42 Å². The van der Waals surface area contributed by atoms with Gasteiger partial charge in [-0.3, -0.25) is 14.5 Å². The quantitative estimate of drug-likeness (QED) is 0.109. The molecule has 294 valence electrons. The average molecular weight is 766 g/mol. The second kappa shape index (κ2) is 14.4. The van der Waals surface area contributed by atoms with Crippen LogP contribution in [0, 0.1) is 29.4 Å². The van der Waals surface area contributed by atoms with Crippen LogP contribution in [0.2, 0.25) is 0 Å². The normalized spacial score (nSPS) is 21.1. The number of benzene rings is 3. The van der Waals surface area contributed by atoms with E-state index in [1.165, 1.54) is 24.3 Å². The van der Waals surface area contributed by atoms with E-state index in [1.807, 2.05) is 6.20 Å². The molecule has 5 aromatic rings. The first kappa shape index (κ1) is 37.0. The number of piperazine rings is 1. The predicted molar refractivity (Wildman–Crippen MR) is 212 cm³/mol. The summed E-state index contributed by atoms with van der Waals surface area (Å²) in [5.41, 5.74) is 0.682. The summed E-state index contributed by atoms with van der Waals surface area (Å²) in [5, 5.41) is 17.7. The molecule has 3 aromatic carbocycles. The van der Waals surface area contributed by atoms with Gasteiger partial charge in [0.15, 0.2) is 5.82 Å². The maximum Gasteiger partial charge on any atom is 0.319 e. The van der Waals surface area contributed by atoms with Crippen LogP contribution in [0.25, 0.3) is 43.7 Å². The highest BCUT2D eigenvalue weighted by Gasteiger charge is 2.48. The summed E-state index contributed by atoms with van der Waals surface area (Å²) in [6.45, 7) is 10.6. The van der Waals surface area contributed by atoms with Crippen LogP contribution in [0.15, 0.2) is 30.5 Å². The lowest BCUT2D eigenvalue weighted by Gasteiger charge is -2.42. The second-order valence-electron chi connectivity index (χ2n) is 16.7. The number of aromatic hydroxyl groups is 1. The van der Waals surface area contributed by atoms with Crippen molar-refractivity contribution in [2.24, 2.45) is 12.5 Å². The molecule has 0 radical (unpaired) electrons. The van der Waals surface area contributed by atoms with Crippen molar-refractivity contribution in [2.75, 3.05) is 64.5 Å². The van der Waals surface area contributed by atoms with Gasteiger partial charge in [-0.25, -0.2) is 8.78 Å². The van der Waals surface area contributed by atoms with Crippen molar-refractivity contribution < 1.29 is 28.1 Å². The Morgan fingerprint density at radius 3 is 2.48 bits per heavy atom. The Morgan fingerprint density at radius 1 is 1.02 bits per heavy atom. The molecule has 3 aliphatic heterocycles. The molecule has 2 unspecified atom stereocenters. The minimum Gasteiger partial charge on any atom is -0.508 e. The third-order valence-corrected chi connectivity index (χ3v) is 12.1. The highest BCUT2D eigenvalue weighted by molar-refractivity contribution is 6.18. The molecule has 1 N–H and O–H groups in total. The Bertz CT molecular complexity index is 2350. The molecule has 2 aromatic heterocycles. The number of phenols is 1. The first-order valence-electron chi connectivity index (χ1n) is 19.8. The van der Waals surface area contributed by atoms with Crippen LogP contribution in [-0.2, 0) is 16.5 Å². The fourth-order valence-electron chi connectivity index (χ4n) is 9.47. The van der Waals surface area contributed by atoms with Crippen LogP contribution in [0.1, 0.15) is 51.5 Å². The van der Waals surface area contributed by atoms with Crippen molar-refractivity contribution in [2.45, 2.75) is 70.2 Å². The number of ether oxygens (including phenoxy) is 3. The lowest BCUT2D eigenvalue weighted by molar-refractivity contribution is -0.0873. The molecule has 9 rings (SSSR count). The van der Waals surface area contributed by atoms with Crippen molar-refractivity contribution in [3.63, 3.8) is 0 Å². The number of nitrogens with zero attached hydrogens (tertiary/aromatic N) is 7. The van der Waals surface area contributed by atoms with Crippen LogP contribution >= 0.6 is 0 Å². The molecule has 4 fully saturated rings. The fraction of sp³-hybridized carbons (Fsp3) is 0.512. The number of likely N-dealkylation sites (tertiary alicyclic amines) is 2. The number of methoxy groups -OCH3 is 1. The molecule has 4 aliphatic rings.